The molecule has 0 aliphatic heterocycles. The molecule has 0 saturated heterocycles. The van der Waals surface area contributed by atoms with Gasteiger partial charge in [-0.05, 0) is 44.1 Å². The summed E-state index contributed by atoms with van der Waals surface area (Å²) in [5.41, 5.74) is 2.34. The van der Waals surface area contributed by atoms with Crippen molar-refractivity contribution in [3.63, 3.8) is 0 Å². The van der Waals surface area contributed by atoms with Crippen molar-refractivity contribution in [3.8, 4) is 0 Å². The fourth-order valence-corrected chi connectivity index (χ4v) is 3.55. The Hall–Kier alpha value is -2.06. The average molecular weight is 350 g/mol. The zero-order valence-electron chi connectivity index (χ0n) is 13.4. The molecule has 0 spiro atoms. The summed E-state index contributed by atoms with van der Waals surface area (Å²) in [6, 6.07) is 1.80. The molecule has 0 atom stereocenters. The van der Waals surface area contributed by atoms with Crippen molar-refractivity contribution in [2.75, 3.05) is 17.7 Å². The molecule has 2 heterocycles. The van der Waals surface area contributed by atoms with Crippen molar-refractivity contribution < 1.29 is 9.53 Å². The van der Waals surface area contributed by atoms with Gasteiger partial charge < -0.3 is 15.4 Å². The number of aromatic nitrogens is 2. The summed E-state index contributed by atoms with van der Waals surface area (Å²) >= 11 is 6.76. The molecule has 2 aromatic rings. The zero-order valence-corrected chi connectivity index (χ0v) is 15.0. The topological polar surface area (TPSA) is 76.1 Å². The molecule has 2 aromatic heterocycles. The highest BCUT2D eigenvalue weighted by Crippen LogP contribution is 2.34. The monoisotopic (exact) mass is 350 g/mol. The van der Waals surface area contributed by atoms with Gasteiger partial charge >= 0.3 is 5.97 Å². The third kappa shape index (κ3) is 4.02. The van der Waals surface area contributed by atoms with E-state index in [1.807, 2.05) is 20.8 Å². The molecular formula is C15H18N4O2S2. The zero-order chi connectivity index (χ0) is 17.0. The molecule has 0 aliphatic rings. The summed E-state index contributed by atoms with van der Waals surface area (Å²) < 4.78 is 4.89. The number of rotatable bonds is 4. The second-order valence-corrected chi connectivity index (χ2v) is 6.42. The smallest absolute Gasteiger partial charge is 0.341 e. The van der Waals surface area contributed by atoms with E-state index in [2.05, 4.69) is 20.6 Å². The summed E-state index contributed by atoms with van der Waals surface area (Å²) in [5, 5.41) is 6.95. The Morgan fingerprint density at radius 3 is 2.74 bits per heavy atom. The van der Waals surface area contributed by atoms with Crippen LogP contribution < -0.4 is 10.6 Å². The van der Waals surface area contributed by atoms with Crippen molar-refractivity contribution in [2.45, 2.75) is 27.2 Å². The summed E-state index contributed by atoms with van der Waals surface area (Å²) in [5.74, 6) is 0.0365. The molecule has 0 aliphatic carbocycles. The van der Waals surface area contributed by atoms with Crippen molar-refractivity contribution >= 4 is 45.6 Å². The average Bonchev–Trinajstić information content (AvgIpc) is 2.81. The van der Waals surface area contributed by atoms with E-state index < -0.39 is 0 Å². The van der Waals surface area contributed by atoms with Crippen LogP contribution in [0.1, 0.15) is 33.4 Å². The highest BCUT2D eigenvalue weighted by Gasteiger charge is 2.22. The number of hydrogen-bond donors (Lipinski definition) is 2. The van der Waals surface area contributed by atoms with Crippen LogP contribution >= 0.6 is 23.6 Å². The molecule has 0 aromatic carbocycles. The minimum absolute atomic E-state index is 0.324. The number of aryl methyl sites for hydroxylation is 2. The SMILES string of the molecule is CCc1c(C)sc(NC(=S)Nc2nccc(C)n2)c1C(=O)OC. The maximum Gasteiger partial charge on any atom is 0.341 e. The van der Waals surface area contributed by atoms with Gasteiger partial charge in [0, 0.05) is 16.8 Å². The number of hydrogen-bond acceptors (Lipinski definition) is 6. The van der Waals surface area contributed by atoms with E-state index in [4.69, 9.17) is 17.0 Å². The second-order valence-electron chi connectivity index (χ2n) is 4.79. The minimum atomic E-state index is -0.372. The third-order valence-electron chi connectivity index (χ3n) is 3.20. The van der Waals surface area contributed by atoms with E-state index in [0.717, 1.165) is 22.6 Å². The first kappa shape index (κ1) is 17.3. The van der Waals surface area contributed by atoms with E-state index in [1.165, 1.54) is 18.4 Å². The third-order valence-corrected chi connectivity index (χ3v) is 4.47. The lowest BCUT2D eigenvalue weighted by Gasteiger charge is -2.10. The van der Waals surface area contributed by atoms with E-state index >= 15 is 0 Å². The lowest BCUT2D eigenvalue weighted by Crippen LogP contribution is -2.21. The molecule has 0 bridgehead atoms. The number of methoxy groups -OCH3 is 1. The van der Waals surface area contributed by atoms with Crippen LogP contribution in [0.25, 0.3) is 0 Å². The largest absolute Gasteiger partial charge is 0.465 e. The Kier molecular flexibility index (Phi) is 5.62. The first-order chi connectivity index (χ1) is 11.0. The molecule has 0 unspecified atom stereocenters. The van der Waals surface area contributed by atoms with Crippen LogP contribution in [0.4, 0.5) is 10.9 Å². The van der Waals surface area contributed by atoms with Gasteiger partial charge in [-0.15, -0.1) is 11.3 Å². The second kappa shape index (κ2) is 7.47. The van der Waals surface area contributed by atoms with Gasteiger partial charge in [-0.3, -0.25) is 0 Å². The Morgan fingerprint density at radius 2 is 2.13 bits per heavy atom. The Labute approximate surface area is 144 Å². The lowest BCUT2D eigenvalue weighted by molar-refractivity contribution is 0.0601. The van der Waals surface area contributed by atoms with E-state index in [-0.39, 0.29) is 5.97 Å². The summed E-state index contributed by atoms with van der Waals surface area (Å²) in [7, 11) is 1.37. The Bertz CT molecular complexity index is 743. The predicted molar refractivity (Wildman–Crippen MR) is 96.4 cm³/mol. The fraction of sp³-hybridized carbons (Fsp3) is 0.333. The fourth-order valence-electron chi connectivity index (χ4n) is 2.16. The number of nitrogens with one attached hydrogen (secondary N) is 2. The van der Waals surface area contributed by atoms with Gasteiger partial charge in [-0.2, -0.15) is 0 Å². The molecule has 0 radical (unpaired) electrons. The molecule has 23 heavy (non-hydrogen) atoms. The van der Waals surface area contributed by atoms with Gasteiger partial charge in [0.25, 0.3) is 0 Å². The number of ether oxygens (including phenoxy) is 1. The first-order valence-electron chi connectivity index (χ1n) is 7.04. The standard InChI is InChI=1S/C15H18N4O2S2/c1-5-10-9(3)23-12(11(10)13(20)21-4)18-15(22)19-14-16-7-6-8(2)17-14/h6-7H,5H2,1-4H3,(H2,16,17,18,19,22). The number of carbonyl (C=O) groups is 1. The molecule has 0 fully saturated rings. The van der Waals surface area contributed by atoms with Gasteiger partial charge in [0.1, 0.15) is 5.00 Å². The van der Waals surface area contributed by atoms with Gasteiger partial charge in [-0.1, -0.05) is 6.92 Å². The molecule has 0 saturated carbocycles. The predicted octanol–water partition coefficient (Wildman–Crippen LogP) is 3.31. The summed E-state index contributed by atoms with van der Waals surface area (Å²) in [4.78, 5) is 21.5. The van der Waals surface area contributed by atoms with E-state index in [1.54, 1.807) is 12.3 Å². The first-order valence-corrected chi connectivity index (χ1v) is 8.27. The molecule has 0 amide bonds. The molecule has 6 nitrogen and oxygen atoms in total. The Morgan fingerprint density at radius 1 is 1.39 bits per heavy atom. The van der Waals surface area contributed by atoms with Crippen LogP contribution in [-0.4, -0.2) is 28.2 Å². The van der Waals surface area contributed by atoms with Crippen molar-refractivity contribution in [3.05, 3.63) is 34.0 Å². The van der Waals surface area contributed by atoms with Crippen LogP contribution in [0.2, 0.25) is 0 Å². The van der Waals surface area contributed by atoms with Crippen molar-refractivity contribution in [1.82, 2.24) is 9.97 Å². The van der Waals surface area contributed by atoms with Crippen LogP contribution in [0.5, 0.6) is 0 Å². The number of esters is 1. The lowest BCUT2D eigenvalue weighted by atomic mass is 10.1. The van der Waals surface area contributed by atoms with Crippen LogP contribution in [0.15, 0.2) is 12.3 Å². The van der Waals surface area contributed by atoms with Crippen molar-refractivity contribution in [1.29, 1.82) is 0 Å². The maximum atomic E-state index is 12.1. The van der Waals surface area contributed by atoms with Gasteiger partial charge in [0.05, 0.1) is 12.7 Å². The molecule has 2 N–H and O–H groups in total. The minimum Gasteiger partial charge on any atom is -0.465 e. The van der Waals surface area contributed by atoms with Crippen LogP contribution in [0, 0.1) is 13.8 Å². The maximum absolute atomic E-state index is 12.1. The molecule has 2 rings (SSSR count). The highest BCUT2D eigenvalue weighted by atomic mass is 32.1. The van der Waals surface area contributed by atoms with Crippen molar-refractivity contribution in [2.24, 2.45) is 0 Å². The summed E-state index contributed by atoms with van der Waals surface area (Å²) in [6.07, 6.45) is 2.40. The van der Waals surface area contributed by atoms with Crippen LogP contribution in [-0.2, 0) is 11.2 Å². The quantitative estimate of drug-likeness (QED) is 0.647. The number of nitrogens with zero attached hydrogens (tertiary/aromatic N) is 2. The van der Waals surface area contributed by atoms with Crippen LogP contribution in [0.3, 0.4) is 0 Å². The van der Waals surface area contributed by atoms with Gasteiger partial charge in [-0.25, -0.2) is 14.8 Å². The number of thiophene rings is 1. The van der Waals surface area contributed by atoms with E-state index in [0.29, 0.717) is 21.6 Å². The van der Waals surface area contributed by atoms with Gasteiger partial charge in [0.2, 0.25) is 5.95 Å². The number of thiocarbonyl (C=S) groups is 1. The molecule has 122 valence electrons. The summed E-state index contributed by atoms with van der Waals surface area (Å²) in [6.45, 7) is 5.85. The molecular weight excluding hydrogens is 332 g/mol. The Balaban J connectivity index is 2.22. The number of carbonyl (C=O) groups excluding carboxylic acids is 1. The normalized spacial score (nSPS) is 10.3. The number of anilines is 2. The molecule has 8 heteroatoms. The van der Waals surface area contributed by atoms with E-state index in [9.17, 15) is 4.79 Å². The van der Waals surface area contributed by atoms with Gasteiger partial charge in [0.15, 0.2) is 5.11 Å². The highest BCUT2D eigenvalue weighted by molar-refractivity contribution is 7.80.